The number of ether oxygens (including phenoxy) is 1. The molecule has 0 spiro atoms. The van der Waals surface area contributed by atoms with Crippen LogP contribution >= 0.6 is 0 Å². The summed E-state index contributed by atoms with van der Waals surface area (Å²) in [4.78, 5) is 18.5. The molecule has 0 unspecified atom stereocenters. The maximum Gasteiger partial charge on any atom is 0.227 e. The molecule has 1 aromatic carbocycles. The normalized spacial score (nSPS) is 20.0. The standard InChI is InChI=1S/C21H29FN4O3/c1-13-11-26(12-14(2)28-13)17-7-6-15(10-16(17)22)23-18(27)8-9-19-24-20(25-29-19)21(3,4)5/h6-7,10,13-14H,8-9,11-12H2,1-5H3,(H,23,27)/t13-,14-/m0/s1. The van der Waals surface area contributed by atoms with Crippen molar-refractivity contribution in [3.05, 3.63) is 35.7 Å². The summed E-state index contributed by atoms with van der Waals surface area (Å²) in [7, 11) is 0. The zero-order valence-electron chi connectivity index (χ0n) is 17.7. The fourth-order valence-corrected chi connectivity index (χ4v) is 3.32. The number of carbonyl (C=O) groups is 1. The van der Waals surface area contributed by atoms with Crippen LogP contribution in [0.25, 0.3) is 0 Å². The molecule has 0 saturated carbocycles. The molecular weight excluding hydrogens is 375 g/mol. The summed E-state index contributed by atoms with van der Waals surface area (Å²) in [6, 6.07) is 4.76. The van der Waals surface area contributed by atoms with Crippen molar-refractivity contribution in [1.82, 2.24) is 10.1 Å². The van der Waals surface area contributed by atoms with E-state index in [0.717, 1.165) is 0 Å². The number of benzene rings is 1. The average Bonchev–Trinajstić information content (AvgIpc) is 3.08. The summed E-state index contributed by atoms with van der Waals surface area (Å²) < 4.78 is 25.5. The SMILES string of the molecule is C[C@H]1CN(c2ccc(NC(=O)CCc3nc(C(C)(C)C)no3)cc2F)C[C@H](C)O1. The quantitative estimate of drug-likeness (QED) is 0.819. The zero-order chi connectivity index (χ0) is 21.2. The van der Waals surface area contributed by atoms with E-state index < -0.39 is 0 Å². The van der Waals surface area contributed by atoms with Gasteiger partial charge in [-0.2, -0.15) is 4.98 Å². The molecule has 2 atom stereocenters. The number of rotatable bonds is 5. The molecule has 158 valence electrons. The Morgan fingerprint density at radius 3 is 2.55 bits per heavy atom. The third kappa shape index (κ3) is 5.53. The molecule has 2 heterocycles. The van der Waals surface area contributed by atoms with Crippen LogP contribution in [0.4, 0.5) is 15.8 Å². The molecule has 1 N–H and O–H groups in total. The van der Waals surface area contributed by atoms with Crippen molar-refractivity contribution in [3.8, 4) is 0 Å². The van der Waals surface area contributed by atoms with Crippen LogP contribution in [-0.2, 0) is 21.4 Å². The van der Waals surface area contributed by atoms with Gasteiger partial charge in [-0.15, -0.1) is 0 Å². The molecule has 1 saturated heterocycles. The molecule has 1 aliphatic rings. The van der Waals surface area contributed by atoms with Gasteiger partial charge in [0.15, 0.2) is 5.82 Å². The molecular formula is C21H29FN4O3. The van der Waals surface area contributed by atoms with Crippen LogP contribution in [0.15, 0.2) is 22.7 Å². The Labute approximate surface area is 170 Å². The molecule has 0 radical (unpaired) electrons. The second kappa shape index (κ2) is 8.49. The molecule has 7 nitrogen and oxygen atoms in total. The predicted molar refractivity (Wildman–Crippen MR) is 109 cm³/mol. The molecule has 1 fully saturated rings. The fraction of sp³-hybridized carbons (Fsp3) is 0.571. The van der Waals surface area contributed by atoms with Crippen molar-refractivity contribution in [2.45, 2.75) is 65.1 Å². The summed E-state index contributed by atoms with van der Waals surface area (Å²) in [6.07, 6.45) is 0.592. The van der Waals surface area contributed by atoms with Crippen LogP contribution in [0.1, 0.15) is 52.8 Å². The number of morpholine rings is 1. The third-order valence-electron chi connectivity index (χ3n) is 4.70. The molecule has 8 heteroatoms. The van der Waals surface area contributed by atoms with Crippen molar-refractivity contribution in [3.63, 3.8) is 0 Å². The molecule has 1 aromatic heterocycles. The number of hydrogen-bond donors (Lipinski definition) is 1. The number of aromatic nitrogens is 2. The van der Waals surface area contributed by atoms with Crippen LogP contribution in [0.2, 0.25) is 0 Å². The molecule has 2 aromatic rings. The van der Waals surface area contributed by atoms with E-state index in [1.54, 1.807) is 12.1 Å². The number of halogens is 1. The predicted octanol–water partition coefficient (Wildman–Crippen LogP) is 3.69. The summed E-state index contributed by atoms with van der Waals surface area (Å²) in [5.41, 5.74) is 0.733. The highest BCUT2D eigenvalue weighted by atomic mass is 19.1. The first kappa shape index (κ1) is 21.2. The molecule has 1 amide bonds. The monoisotopic (exact) mass is 404 g/mol. The summed E-state index contributed by atoms with van der Waals surface area (Å²) in [5.74, 6) is 0.427. The Morgan fingerprint density at radius 2 is 1.97 bits per heavy atom. The fourth-order valence-electron chi connectivity index (χ4n) is 3.32. The van der Waals surface area contributed by atoms with E-state index in [1.807, 2.05) is 39.5 Å². The lowest BCUT2D eigenvalue weighted by Gasteiger charge is -2.37. The summed E-state index contributed by atoms with van der Waals surface area (Å²) in [6.45, 7) is 11.2. The Morgan fingerprint density at radius 1 is 1.28 bits per heavy atom. The minimum absolute atomic E-state index is 0.0426. The van der Waals surface area contributed by atoms with Crippen LogP contribution in [0, 0.1) is 5.82 Å². The number of aryl methyl sites for hydroxylation is 1. The van der Waals surface area contributed by atoms with E-state index in [4.69, 9.17) is 9.26 Å². The van der Waals surface area contributed by atoms with Crippen molar-refractivity contribution in [1.29, 1.82) is 0 Å². The van der Waals surface area contributed by atoms with Crippen LogP contribution in [-0.4, -0.2) is 41.3 Å². The van der Waals surface area contributed by atoms with Gasteiger partial charge < -0.3 is 19.5 Å². The van der Waals surface area contributed by atoms with Gasteiger partial charge >= 0.3 is 0 Å². The van der Waals surface area contributed by atoms with Gasteiger partial charge in [0.2, 0.25) is 11.8 Å². The van der Waals surface area contributed by atoms with Crippen molar-refractivity contribution < 1.29 is 18.4 Å². The Kier molecular flexibility index (Phi) is 6.21. The third-order valence-corrected chi connectivity index (χ3v) is 4.70. The highest BCUT2D eigenvalue weighted by molar-refractivity contribution is 5.91. The number of carbonyl (C=O) groups excluding carboxylic acids is 1. The average molecular weight is 404 g/mol. The van der Waals surface area contributed by atoms with Gasteiger partial charge in [-0.05, 0) is 32.0 Å². The Bertz CT molecular complexity index is 852. The van der Waals surface area contributed by atoms with E-state index in [1.165, 1.54) is 6.07 Å². The maximum absolute atomic E-state index is 14.6. The Hall–Kier alpha value is -2.48. The van der Waals surface area contributed by atoms with Gasteiger partial charge in [-0.1, -0.05) is 25.9 Å². The second-order valence-corrected chi connectivity index (χ2v) is 8.64. The van der Waals surface area contributed by atoms with E-state index >= 15 is 0 Å². The molecule has 29 heavy (non-hydrogen) atoms. The Balaban J connectivity index is 1.57. The summed E-state index contributed by atoms with van der Waals surface area (Å²) in [5, 5.41) is 6.67. The second-order valence-electron chi connectivity index (χ2n) is 8.64. The lowest BCUT2D eigenvalue weighted by molar-refractivity contribution is -0.116. The highest BCUT2D eigenvalue weighted by Crippen LogP contribution is 2.26. The summed E-state index contributed by atoms with van der Waals surface area (Å²) >= 11 is 0. The van der Waals surface area contributed by atoms with E-state index in [2.05, 4.69) is 15.5 Å². The molecule has 1 aliphatic heterocycles. The van der Waals surface area contributed by atoms with Gasteiger partial charge in [-0.3, -0.25) is 4.79 Å². The van der Waals surface area contributed by atoms with Gasteiger partial charge in [0.25, 0.3) is 0 Å². The number of nitrogens with one attached hydrogen (secondary N) is 1. The van der Waals surface area contributed by atoms with Crippen molar-refractivity contribution in [2.24, 2.45) is 0 Å². The minimum atomic E-state index is -0.365. The van der Waals surface area contributed by atoms with E-state index in [0.29, 0.717) is 42.6 Å². The van der Waals surface area contributed by atoms with Gasteiger partial charge in [-0.25, -0.2) is 4.39 Å². The van der Waals surface area contributed by atoms with Crippen LogP contribution in [0.3, 0.4) is 0 Å². The smallest absolute Gasteiger partial charge is 0.227 e. The zero-order valence-corrected chi connectivity index (χ0v) is 17.7. The first-order chi connectivity index (χ1) is 13.6. The number of nitrogens with zero attached hydrogens (tertiary/aromatic N) is 3. The van der Waals surface area contributed by atoms with Gasteiger partial charge in [0.05, 0.1) is 17.9 Å². The van der Waals surface area contributed by atoms with Gasteiger partial charge in [0.1, 0.15) is 5.82 Å². The van der Waals surface area contributed by atoms with Crippen molar-refractivity contribution >= 4 is 17.3 Å². The van der Waals surface area contributed by atoms with E-state index in [9.17, 15) is 9.18 Å². The highest BCUT2D eigenvalue weighted by Gasteiger charge is 2.24. The first-order valence-corrected chi connectivity index (χ1v) is 9.94. The van der Waals surface area contributed by atoms with Crippen molar-refractivity contribution in [2.75, 3.05) is 23.3 Å². The lowest BCUT2D eigenvalue weighted by atomic mass is 9.96. The lowest BCUT2D eigenvalue weighted by Crippen LogP contribution is -2.45. The molecule has 0 bridgehead atoms. The minimum Gasteiger partial charge on any atom is -0.372 e. The largest absolute Gasteiger partial charge is 0.372 e. The number of anilines is 2. The number of hydrogen-bond acceptors (Lipinski definition) is 6. The first-order valence-electron chi connectivity index (χ1n) is 9.94. The van der Waals surface area contributed by atoms with E-state index in [-0.39, 0.29) is 35.8 Å². The molecule has 3 rings (SSSR count). The topological polar surface area (TPSA) is 80.5 Å². The van der Waals surface area contributed by atoms with Gasteiger partial charge in [0, 0.05) is 37.0 Å². The number of amides is 1. The van der Waals surface area contributed by atoms with Crippen LogP contribution < -0.4 is 10.2 Å². The maximum atomic E-state index is 14.6. The molecule has 0 aliphatic carbocycles. The van der Waals surface area contributed by atoms with Crippen LogP contribution in [0.5, 0.6) is 0 Å².